The molecule has 132 valence electrons. The molecule has 0 aliphatic carbocycles. The molecule has 0 spiro atoms. The van der Waals surface area contributed by atoms with Crippen LogP contribution < -0.4 is 5.32 Å². The highest BCUT2D eigenvalue weighted by atomic mass is 32.2. The van der Waals surface area contributed by atoms with Gasteiger partial charge in [0, 0.05) is 5.69 Å². The summed E-state index contributed by atoms with van der Waals surface area (Å²) in [4.78, 5) is -0.0981. The van der Waals surface area contributed by atoms with Crippen LogP contribution in [0.25, 0.3) is 0 Å². The summed E-state index contributed by atoms with van der Waals surface area (Å²) in [5, 5.41) is 3.01. The van der Waals surface area contributed by atoms with Crippen LogP contribution in [0.2, 0.25) is 0 Å². The van der Waals surface area contributed by atoms with E-state index >= 15 is 0 Å². The highest BCUT2D eigenvalue weighted by molar-refractivity contribution is 7.90. The maximum Gasteiger partial charge on any atom is 0.285 e. The van der Waals surface area contributed by atoms with E-state index in [4.69, 9.17) is 0 Å². The fraction of sp³-hybridized carbons (Fsp3) is 0.316. The average molecular weight is 360 g/mol. The van der Waals surface area contributed by atoms with Crippen molar-refractivity contribution in [3.8, 4) is 0 Å². The van der Waals surface area contributed by atoms with E-state index in [9.17, 15) is 12.8 Å². The number of sulfonamides is 1. The molecular formula is C19H21FN2O2S. The number of amidine groups is 1. The first-order valence-corrected chi connectivity index (χ1v) is 9.69. The molecule has 0 fully saturated rings. The summed E-state index contributed by atoms with van der Waals surface area (Å²) in [5.74, 6) is 0.0627. The molecule has 1 aliphatic heterocycles. The Morgan fingerprint density at radius 3 is 2.16 bits per heavy atom. The van der Waals surface area contributed by atoms with Crippen LogP contribution in [0.5, 0.6) is 0 Å². The second kappa shape index (κ2) is 6.26. The summed E-state index contributed by atoms with van der Waals surface area (Å²) in [6, 6.07) is 10.0. The molecule has 0 radical (unpaired) electrons. The number of halogens is 1. The predicted octanol–water partition coefficient (Wildman–Crippen LogP) is 4.63. The van der Waals surface area contributed by atoms with Gasteiger partial charge in [-0.25, -0.2) is 4.39 Å². The van der Waals surface area contributed by atoms with Crippen molar-refractivity contribution in [3.05, 3.63) is 58.9 Å². The Labute approximate surface area is 147 Å². The van der Waals surface area contributed by atoms with Gasteiger partial charge in [-0.15, -0.1) is 4.40 Å². The van der Waals surface area contributed by atoms with Crippen LogP contribution in [-0.2, 0) is 10.0 Å². The molecule has 0 saturated carbocycles. The molecule has 0 amide bonds. The number of nitrogens with one attached hydrogen (secondary N) is 1. The highest BCUT2D eigenvalue weighted by Crippen LogP contribution is 2.31. The topological polar surface area (TPSA) is 58.5 Å². The molecule has 6 heteroatoms. The number of benzene rings is 2. The lowest BCUT2D eigenvalue weighted by atomic mass is 9.95. The maximum atomic E-state index is 14.2. The van der Waals surface area contributed by atoms with Gasteiger partial charge in [-0.1, -0.05) is 39.8 Å². The number of rotatable bonds is 3. The fourth-order valence-electron chi connectivity index (χ4n) is 2.80. The molecule has 0 aromatic heterocycles. The summed E-state index contributed by atoms with van der Waals surface area (Å²) in [7, 11) is -3.86. The van der Waals surface area contributed by atoms with Crippen molar-refractivity contribution in [3.63, 3.8) is 0 Å². The van der Waals surface area contributed by atoms with Crippen LogP contribution in [0.1, 0.15) is 56.2 Å². The molecule has 1 N–H and O–H groups in total. The minimum Gasteiger partial charge on any atom is -0.339 e. The van der Waals surface area contributed by atoms with Crippen molar-refractivity contribution in [2.24, 2.45) is 4.40 Å². The summed E-state index contributed by atoms with van der Waals surface area (Å²) in [5.41, 5.74) is 2.97. The lowest BCUT2D eigenvalue weighted by Gasteiger charge is -2.15. The van der Waals surface area contributed by atoms with E-state index in [1.807, 2.05) is 12.1 Å². The van der Waals surface area contributed by atoms with Gasteiger partial charge in [-0.05, 0) is 47.2 Å². The van der Waals surface area contributed by atoms with Gasteiger partial charge in [0.05, 0.1) is 5.56 Å². The van der Waals surface area contributed by atoms with Gasteiger partial charge in [0.15, 0.2) is 5.84 Å². The fourth-order valence-corrected chi connectivity index (χ4v) is 3.98. The second-order valence-electron chi connectivity index (χ2n) is 6.85. The molecule has 0 bridgehead atoms. The lowest BCUT2D eigenvalue weighted by Crippen LogP contribution is -2.14. The molecule has 1 heterocycles. The Morgan fingerprint density at radius 2 is 1.60 bits per heavy atom. The SMILES string of the molecule is CC(C)c1cc(NC2=NS(=O)(=O)c3cccc(F)c32)cc(C(C)C)c1. The van der Waals surface area contributed by atoms with Crippen LogP contribution in [0.15, 0.2) is 45.7 Å². The van der Waals surface area contributed by atoms with Crippen molar-refractivity contribution in [1.29, 1.82) is 0 Å². The third-order valence-electron chi connectivity index (χ3n) is 4.28. The summed E-state index contributed by atoms with van der Waals surface area (Å²) >= 11 is 0. The monoisotopic (exact) mass is 360 g/mol. The lowest BCUT2D eigenvalue weighted by molar-refractivity contribution is 0.595. The van der Waals surface area contributed by atoms with Crippen molar-refractivity contribution in [1.82, 2.24) is 0 Å². The zero-order valence-corrected chi connectivity index (χ0v) is 15.5. The van der Waals surface area contributed by atoms with Crippen LogP contribution in [0.4, 0.5) is 10.1 Å². The van der Waals surface area contributed by atoms with Crippen molar-refractivity contribution >= 4 is 21.5 Å². The van der Waals surface area contributed by atoms with Gasteiger partial charge in [0.25, 0.3) is 10.0 Å². The third-order valence-corrected chi connectivity index (χ3v) is 5.59. The average Bonchev–Trinajstić information content (AvgIpc) is 2.78. The second-order valence-corrected chi connectivity index (χ2v) is 8.42. The molecule has 0 atom stereocenters. The highest BCUT2D eigenvalue weighted by Gasteiger charge is 2.31. The smallest absolute Gasteiger partial charge is 0.285 e. The Balaban J connectivity index is 2.08. The Kier molecular flexibility index (Phi) is 4.41. The van der Waals surface area contributed by atoms with E-state index in [1.54, 1.807) is 0 Å². The summed E-state index contributed by atoms with van der Waals surface area (Å²) in [6.07, 6.45) is 0. The normalized spacial score (nSPS) is 15.4. The number of nitrogens with zero attached hydrogens (tertiary/aromatic N) is 1. The van der Waals surface area contributed by atoms with Crippen LogP contribution in [-0.4, -0.2) is 14.3 Å². The maximum absolute atomic E-state index is 14.2. The number of hydrogen-bond acceptors (Lipinski definition) is 3. The standard InChI is InChI=1S/C19H21FN2O2S/c1-11(2)13-8-14(12(3)4)10-15(9-13)21-19-18-16(20)6-5-7-17(18)25(23,24)22-19/h5-12H,1-4H3,(H,21,22). The van der Waals surface area contributed by atoms with Crippen molar-refractivity contribution < 1.29 is 12.8 Å². The minimum absolute atomic E-state index is 0.00328. The van der Waals surface area contributed by atoms with E-state index in [0.29, 0.717) is 17.5 Å². The zero-order valence-electron chi connectivity index (χ0n) is 14.7. The van der Waals surface area contributed by atoms with Gasteiger partial charge in [-0.3, -0.25) is 0 Å². The molecule has 4 nitrogen and oxygen atoms in total. The van der Waals surface area contributed by atoms with Gasteiger partial charge in [-0.2, -0.15) is 8.42 Å². The molecule has 25 heavy (non-hydrogen) atoms. The molecule has 3 rings (SSSR count). The van der Waals surface area contributed by atoms with Crippen molar-refractivity contribution in [2.75, 3.05) is 5.32 Å². The molecule has 0 saturated heterocycles. The number of hydrogen-bond donors (Lipinski definition) is 1. The number of fused-ring (bicyclic) bond motifs is 1. The first-order chi connectivity index (χ1) is 11.7. The van der Waals surface area contributed by atoms with E-state index < -0.39 is 15.8 Å². The van der Waals surface area contributed by atoms with Crippen LogP contribution >= 0.6 is 0 Å². The minimum atomic E-state index is -3.86. The quantitative estimate of drug-likeness (QED) is 0.868. The Hall–Kier alpha value is -2.21. The van der Waals surface area contributed by atoms with E-state index in [2.05, 4.69) is 43.5 Å². The first kappa shape index (κ1) is 17.6. The largest absolute Gasteiger partial charge is 0.339 e. The van der Waals surface area contributed by atoms with Gasteiger partial charge in [0.1, 0.15) is 10.7 Å². The van der Waals surface area contributed by atoms with E-state index in [1.165, 1.54) is 18.2 Å². The van der Waals surface area contributed by atoms with Gasteiger partial charge >= 0.3 is 0 Å². The van der Waals surface area contributed by atoms with E-state index in [0.717, 1.165) is 11.1 Å². The third kappa shape index (κ3) is 3.31. The molecule has 2 aromatic rings. The Morgan fingerprint density at radius 1 is 1.00 bits per heavy atom. The molecule has 2 aromatic carbocycles. The number of anilines is 1. The summed E-state index contributed by atoms with van der Waals surface area (Å²) < 4.78 is 42.3. The van der Waals surface area contributed by atoms with Gasteiger partial charge < -0.3 is 5.32 Å². The zero-order chi connectivity index (χ0) is 18.4. The Bertz CT molecular complexity index is 937. The first-order valence-electron chi connectivity index (χ1n) is 8.25. The van der Waals surface area contributed by atoms with Crippen LogP contribution in [0, 0.1) is 5.82 Å². The van der Waals surface area contributed by atoms with E-state index in [-0.39, 0.29) is 16.3 Å². The summed E-state index contributed by atoms with van der Waals surface area (Å²) in [6.45, 7) is 8.37. The molecule has 0 unspecified atom stereocenters. The van der Waals surface area contributed by atoms with Gasteiger partial charge in [0.2, 0.25) is 0 Å². The predicted molar refractivity (Wildman–Crippen MR) is 98.4 cm³/mol. The van der Waals surface area contributed by atoms with Crippen molar-refractivity contribution in [2.45, 2.75) is 44.4 Å². The molecule has 1 aliphatic rings. The van der Waals surface area contributed by atoms with Crippen LogP contribution in [0.3, 0.4) is 0 Å². The molecular weight excluding hydrogens is 339 g/mol.